The molecule has 1 amide bonds. The molecule has 0 aromatic heterocycles. The third kappa shape index (κ3) is 3.33. The number of hydrogen-bond donors (Lipinski definition) is 2. The zero-order valence-corrected chi connectivity index (χ0v) is 9.92. The number of nitrogens with one attached hydrogen (secondary N) is 2. The lowest BCUT2D eigenvalue weighted by atomic mass is 10.2. The van der Waals surface area contributed by atoms with Crippen LogP contribution in [0.5, 0.6) is 0 Å². The molecule has 0 radical (unpaired) electrons. The highest BCUT2D eigenvalue weighted by Gasteiger charge is 2.25. The number of halogens is 5. The lowest BCUT2D eigenvalue weighted by molar-refractivity contribution is -0.120. The quantitative estimate of drug-likeness (QED) is 0.494. The summed E-state index contributed by atoms with van der Waals surface area (Å²) in [6, 6.07) is 0. The van der Waals surface area contributed by atoms with Gasteiger partial charge in [0.05, 0.1) is 0 Å². The Morgan fingerprint density at radius 1 is 0.947 bits per heavy atom. The minimum atomic E-state index is -2.22. The Morgan fingerprint density at radius 2 is 1.42 bits per heavy atom. The van der Waals surface area contributed by atoms with Crippen LogP contribution in [0, 0.1) is 29.1 Å². The fraction of sp³-hybridized carbons (Fsp3) is 0.364. The Balaban J connectivity index is 2.82. The molecule has 0 heterocycles. The Kier molecular flexibility index (Phi) is 5.08. The molecule has 0 bridgehead atoms. The monoisotopic (exact) mass is 282 g/mol. The lowest BCUT2D eigenvalue weighted by Crippen LogP contribution is -2.25. The van der Waals surface area contributed by atoms with E-state index in [1.165, 1.54) is 0 Å². The molecule has 19 heavy (non-hydrogen) atoms. The van der Waals surface area contributed by atoms with E-state index in [2.05, 4.69) is 5.32 Å². The predicted octanol–water partition coefficient (Wildman–Crippen LogP) is 2.32. The van der Waals surface area contributed by atoms with E-state index in [9.17, 15) is 26.7 Å². The van der Waals surface area contributed by atoms with Gasteiger partial charge in [0.15, 0.2) is 23.3 Å². The Hall–Kier alpha value is -1.86. The average Bonchev–Trinajstić information content (AvgIpc) is 2.38. The van der Waals surface area contributed by atoms with Crippen LogP contribution >= 0.6 is 0 Å². The molecular weight excluding hydrogens is 271 g/mol. The minimum absolute atomic E-state index is 0.159. The molecule has 0 aliphatic carbocycles. The van der Waals surface area contributed by atoms with E-state index in [1.54, 1.807) is 6.92 Å². The van der Waals surface area contributed by atoms with Crippen LogP contribution < -0.4 is 10.6 Å². The normalized spacial score (nSPS) is 10.4. The Morgan fingerprint density at radius 3 is 1.89 bits per heavy atom. The molecule has 0 fully saturated rings. The summed E-state index contributed by atoms with van der Waals surface area (Å²) < 4.78 is 64.8. The van der Waals surface area contributed by atoms with Gasteiger partial charge in [-0.05, 0) is 6.92 Å². The van der Waals surface area contributed by atoms with E-state index >= 15 is 0 Å². The maximum atomic E-state index is 13.2. The van der Waals surface area contributed by atoms with Gasteiger partial charge in [0, 0.05) is 19.5 Å². The number of anilines is 1. The molecule has 2 N–H and O–H groups in total. The molecule has 0 saturated carbocycles. The summed E-state index contributed by atoms with van der Waals surface area (Å²) >= 11 is 0. The van der Waals surface area contributed by atoms with Crippen molar-refractivity contribution in [3.05, 3.63) is 29.1 Å². The first-order chi connectivity index (χ1) is 8.90. The molecule has 0 saturated heterocycles. The van der Waals surface area contributed by atoms with E-state index < -0.39 is 40.7 Å². The van der Waals surface area contributed by atoms with Gasteiger partial charge in [-0.15, -0.1) is 0 Å². The first-order valence-electron chi connectivity index (χ1n) is 5.42. The topological polar surface area (TPSA) is 41.1 Å². The molecule has 1 aromatic rings. The van der Waals surface area contributed by atoms with E-state index in [0.29, 0.717) is 6.54 Å². The molecule has 0 aliphatic heterocycles. The van der Waals surface area contributed by atoms with Crippen molar-refractivity contribution >= 4 is 11.6 Å². The van der Waals surface area contributed by atoms with Crippen molar-refractivity contribution in [3.63, 3.8) is 0 Å². The highest BCUT2D eigenvalue weighted by molar-refractivity contribution is 5.76. The number of rotatable bonds is 5. The van der Waals surface area contributed by atoms with Crippen LogP contribution in [0.2, 0.25) is 0 Å². The van der Waals surface area contributed by atoms with Crippen molar-refractivity contribution in [1.29, 1.82) is 0 Å². The van der Waals surface area contributed by atoms with Crippen LogP contribution in [0.15, 0.2) is 0 Å². The minimum Gasteiger partial charge on any atom is -0.380 e. The second-order valence-electron chi connectivity index (χ2n) is 3.58. The zero-order chi connectivity index (χ0) is 14.6. The summed E-state index contributed by atoms with van der Waals surface area (Å²) in [5.41, 5.74) is -1.14. The van der Waals surface area contributed by atoms with E-state index in [1.807, 2.05) is 5.32 Å². The highest BCUT2D eigenvalue weighted by Crippen LogP contribution is 2.26. The van der Waals surface area contributed by atoms with Crippen molar-refractivity contribution in [2.45, 2.75) is 13.3 Å². The lowest BCUT2D eigenvalue weighted by Gasteiger charge is -2.10. The van der Waals surface area contributed by atoms with Crippen LogP contribution in [0.4, 0.5) is 27.6 Å². The van der Waals surface area contributed by atoms with Crippen LogP contribution in [0.1, 0.15) is 13.3 Å². The molecule has 0 unspecified atom stereocenters. The van der Waals surface area contributed by atoms with Gasteiger partial charge in [0.1, 0.15) is 5.69 Å². The summed E-state index contributed by atoms with van der Waals surface area (Å²) in [4.78, 5) is 11.0. The summed E-state index contributed by atoms with van der Waals surface area (Å²) in [6.45, 7) is 1.79. The second kappa shape index (κ2) is 6.35. The van der Waals surface area contributed by atoms with Gasteiger partial charge in [-0.25, -0.2) is 22.0 Å². The Labute approximate surface area is 105 Å². The molecule has 106 valence electrons. The Bertz CT molecular complexity index is 463. The molecule has 0 atom stereocenters. The van der Waals surface area contributed by atoms with Crippen molar-refractivity contribution in [3.8, 4) is 0 Å². The number of carbonyl (C=O) groups is 1. The largest absolute Gasteiger partial charge is 0.380 e. The number of carbonyl (C=O) groups excluding carboxylic acids is 1. The third-order valence-corrected chi connectivity index (χ3v) is 2.24. The fourth-order valence-corrected chi connectivity index (χ4v) is 1.35. The van der Waals surface area contributed by atoms with Gasteiger partial charge in [-0.1, -0.05) is 0 Å². The van der Waals surface area contributed by atoms with Gasteiger partial charge in [-0.3, -0.25) is 4.79 Å². The van der Waals surface area contributed by atoms with Gasteiger partial charge in [-0.2, -0.15) is 0 Å². The molecule has 3 nitrogen and oxygen atoms in total. The van der Waals surface area contributed by atoms with Crippen LogP contribution in [-0.4, -0.2) is 19.0 Å². The zero-order valence-electron chi connectivity index (χ0n) is 9.92. The van der Waals surface area contributed by atoms with Crippen molar-refractivity contribution < 1.29 is 26.7 Å². The predicted molar refractivity (Wildman–Crippen MR) is 58.0 cm³/mol. The maximum absolute atomic E-state index is 13.2. The van der Waals surface area contributed by atoms with Crippen molar-refractivity contribution in [2.24, 2.45) is 0 Å². The molecular formula is C11H11F5N2O. The molecule has 1 rings (SSSR count). The summed E-state index contributed by atoms with van der Waals surface area (Å²) in [7, 11) is 0. The molecule has 1 aromatic carbocycles. The van der Waals surface area contributed by atoms with Gasteiger partial charge in [0.25, 0.3) is 0 Å². The van der Waals surface area contributed by atoms with Crippen LogP contribution in [0.25, 0.3) is 0 Å². The first-order valence-corrected chi connectivity index (χ1v) is 5.42. The first kappa shape index (κ1) is 15.2. The molecule has 8 heteroatoms. The number of amides is 1. The SMILES string of the molecule is CCNC(=O)CCNc1c(F)c(F)c(F)c(F)c1F. The standard InChI is InChI=1S/C11H11F5N2O/c1-2-17-5(19)3-4-18-11-9(15)7(13)6(12)8(14)10(11)16/h18H,2-4H2,1H3,(H,17,19). The van der Waals surface area contributed by atoms with Crippen molar-refractivity contribution in [2.75, 3.05) is 18.4 Å². The number of benzene rings is 1. The smallest absolute Gasteiger partial charge is 0.221 e. The maximum Gasteiger partial charge on any atom is 0.221 e. The van der Waals surface area contributed by atoms with Gasteiger partial charge in [0.2, 0.25) is 11.7 Å². The molecule has 0 aliphatic rings. The summed E-state index contributed by atoms with van der Waals surface area (Å²) in [5.74, 6) is -10.6. The van der Waals surface area contributed by atoms with Crippen LogP contribution in [-0.2, 0) is 4.79 Å². The van der Waals surface area contributed by atoms with E-state index in [-0.39, 0.29) is 13.0 Å². The summed E-state index contributed by atoms with van der Waals surface area (Å²) in [6.07, 6.45) is -0.159. The number of hydrogen-bond acceptors (Lipinski definition) is 2. The second-order valence-corrected chi connectivity index (χ2v) is 3.58. The third-order valence-electron chi connectivity index (χ3n) is 2.24. The van der Waals surface area contributed by atoms with Gasteiger partial charge < -0.3 is 10.6 Å². The van der Waals surface area contributed by atoms with Crippen molar-refractivity contribution in [1.82, 2.24) is 5.32 Å². The van der Waals surface area contributed by atoms with Gasteiger partial charge >= 0.3 is 0 Å². The van der Waals surface area contributed by atoms with E-state index in [4.69, 9.17) is 0 Å². The average molecular weight is 282 g/mol. The molecule has 0 spiro atoms. The fourth-order valence-electron chi connectivity index (χ4n) is 1.35. The van der Waals surface area contributed by atoms with E-state index in [0.717, 1.165) is 0 Å². The highest BCUT2D eigenvalue weighted by atomic mass is 19.2. The summed E-state index contributed by atoms with van der Waals surface area (Å²) in [5, 5.41) is 4.44. The van der Waals surface area contributed by atoms with Crippen LogP contribution in [0.3, 0.4) is 0 Å².